The van der Waals surface area contributed by atoms with Crippen molar-refractivity contribution in [1.29, 1.82) is 5.26 Å². The number of aryl methyl sites for hydroxylation is 1. The molecule has 0 fully saturated rings. The summed E-state index contributed by atoms with van der Waals surface area (Å²) in [5.74, 6) is 0.298. The molecule has 1 atom stereocenters. The zero-order valence-corrected chi connectivity index (χ0v) is 17.9. The Morgan fingerprint density at radius 1 is 1.21 bits per heavy atom. The highest BCUT2D eigenvalue weighted by molar-refractivity contribution is 9.10. The molecule has 146 valence electrons. The number of nitrogens with zero attached hydrogens (tertiary/aromatic N) is 4. The normalized spacial score (nSPS) is 15.5. The quantitative estimate of drug-likeness (QED) is 0.646. The van der Waals surface area contributed by atoms with Gasteiger partial charge in [-0.3, -0.25) is 0 Å². The first-order chi connectivity index (χ1) is 13.9. The number of para-hydroxylation sites is 1. The van der Waals surface area contributed by atoms with Crippen LogP contribution in [-0.2, 0) is 0 Å². The fraction of sp³-hybridized carbons (Fsp3) is 0.182. The molecule has 3 aromatic rings. The number of rotatable bonds is 3. The maximum absolute atomic E-state index is 9.83. The van der Waals surface area contributed by atoms with E-state index in [4.69, 9.17) is 10.5 Å². The first kappa shape index (κ1) is 19.1. The number of ether oxygens (including phenoxy) is 1. The van der Waals surface area contributed by atoms with Crippen molar-refractivity contribution >= 4 is 21.6 Å². The minimum Gasteiger partial charge on any atom is -0.422 e. The monoisotopic (exact) mass is 449 g/mol. The van der Waals surface area contributed by atoms with Crippen LogP contribution in [0.4, 0.5) is 5.69 Å². The topological polar surface area (TPSA) is 80.1 Å². The van der Waals surface area contributed by atoms with Gasteiger partial charge in [0.15, 0.2) is 0 Å². The molecule has 0 saturated heterocycles. The van der Waals surface area contributed by atoms with Gasteiger partial charge in [0.2, 0.25) is 11.8 Å². The first-order valence-corrected chi connectivity index (χ1v) is 9.91. The Morgan fingerprint density at radius 2 is 1.93 bits per heavy atom. The van der Waals surface area contributed by atoms with Gasteiger partial charge in [-0.15, -0.1) is 0 Å². The molecule has 0 bridgehead atoms. The number of halogens is 1. The number of nitriles is 1. The lowest BCUT2D eigenvalue weighted by molar-refractivity contribution is 0.367. The van der Waals surface area contributed by atoms with Crippen molar-refractivity contribution in [1.82, 2.24) is 9.78 Å². The molecule has 1 unspecified atom stereocenters. The minimum absolute atomic E-state index is 0.106. The molecule has 0 radical (unpaired) electrons. The molecule has 29 heavy (non-hydrogen) atoms. The number of anilines is 1. The van der Waals surface area contributed by atoms with Gasteiger partial charge in [0.05, 0.1) is 28.6 Å². The molecule has 1 aliphatic heterocycles. The Morgan fingerprint density at radius 3 is 2.55 bits per heavy atom. The number of benzene rings is 2. The maximum Gasteiger partial charge on any atom is 0.229 e. The second-order valence-electron chi connectivity index (χ2n) is 7.08. The van der Waals surface area contributed by atoms with E-state index in [1.807, 2.05) is 74.4 Å². The van der Waals surface area contributed by atoms with E-state index >= 15 is 0 Å². The van der Waals surface area contributed by atoms with Crippen LogP contribution in [0, 0.1) is 18.3 Å². The lowest BCUT2D eigenvalue weighted by Gasteiger charge is -2.26. The molecule has 1 aliphatic rings. The largest absolute Gasteiger partial charge is 0.422 e. The summed E-state index contributed by atoms with van der Waals surface area (Å²) in [6, 6.07) is 18.0. The van der Waals surface area contributed by atoms with Crippen LogP contribution in [0.5, 0.6) is 5.88 Å². The lowest BCUT2D eigenvalue weighted by Crippen LogP contribution is -2.22. The molecule has 4 rings (SSSR count). The van der Waals surface area contributed by atoms with E-state index < -0.39 is 0 Å². The van der Waals surface area contributed by atoms with Crippen molar-refractivity contribution in [2.45, 2.75) is 12.8 Å². The molecule has 0 saturated carbocycles. The van der Waals surface area contributed by atoms with Crippen LogP contribution in [-0.4, -0.2) is 23.9 Å². The standard InChI is InChI=1S/C22H20BrN5O/c1-13-19-20(14-9-10-18(27(2)3)17(23)11-14)16(12-24)21(25)29-22(19)28(26-13)15-7-5-4-6-8-15/h4-11,20H,25H2,1-3H3. The van der Waals surface area contributed by atoms with Crippen LogP contribution >= 0.6 is 15.9 Å². The number of aromatic nitrogens is 2. The molecule has 2 N–H and O–H groups in total. The molecule has 2 heterocycles. The van der Waals surface area contributed by atoms with Gasteiger partial charge < -0.3 is 15.4 Å². The van der Waals surface area contributed by atoms with Crippen molar-refractivity contribution in [3.05, 3.63) is 81.3 Å². The third kappa shape index (κ3) is 3.15. The van der Waals surface area contributed by atoms with E-state index in [9.17, 15) is 5.26 Å². The third-order valence-electron chi connectivity index (χ3n) is 5.02. The summed E-state index contributed by atoms with van der Waals surface area (Å²) in [5.41, 5.74) is 11.1. The molecule has 0 aliphatic carbocycles. The molecule has 7 heteroatoms. The Labute approximate surface area is 177 Å². The van der Waals surface area contributed by atoms with Gasteiger partial charge in [0, 0.05) is 18.6 Å². The molecular weight excluding hydrogens is 430 g/mol. The van der Waals surface area contributed by atoms with Gasteiger partial charge in [-0.1, -0.05) is 24.3 Å². The predicted molar refractivity (Wildman–Crippen MR) is 116 cm³/mol. The fourth-order valence-corrected chi connectivity index (χ4v) is 4.41. The zero-order valence-electron chi connectivity index (χ0n) is 16.3. The van der Waals surface area contributed by atoms with Gasteiger partial charge in [-0.2, -0.15) is 10.4 Å². The molecular formula is C22H20BrN5O. The van der Waals surface area contributed by atoms with Crippen LogP contribution in [0.3, 0.4) is 0 Å². The van der Waals surface area contributed by atoms with Crippen molar-refractivity contribution in [2.75, 3.05) is 19.0 Å². The average molecular weight is 450 g/mol. The molecule has 0 spiro atoms. The summed E-state index contributed by atoms with van der Waals surface area (Å²) in [4.78, 5) is 2.03. The van der Waals surface area contributed by atoms with Crippen LogP contribution in [0.1, 0.15) is 22.7 Å². The maximum atomic E-state index is 9.83. The van der Waals surface area contributed by atoms with Gasteiger partial charge >= 0.3 is 0 Å². The third-order valence-corrected chi connectivity index (χ3v) is 5.66. The van der Waals surface area contributed by atoms with Crippen molar-refractivity contribution < 1.29 is 4.74 Å². The van der Waals surface area contributed by atoms with Crippen LogP contribution in [0.2, 0.25) is 0 Å². The Balaban J connectivity index is 1.93. The van der Waals surface area contributed by atoms with Crippen LogP contribution in [0.25, 0.3) is 5.69 Å². The van der Waals surface area contributed by atoms with Crippen LogP contribution in [0.15, 0.2) is 64.5 Å². The summed E-state index contributed by atoms with van der Waals surface area (Å²) >= 11 is 3.65. The lowest BCUT2D eigenvalue weighted by atomic mass is 9.84. The molecule has 2 aromatic carbocycles. The molecule has 6 nitrogen and oxygen atoms in total. The average Bonchev–Trinajstić information content (AvgIpc) is 3.03. The van der Waals surface area contributed by atoms with Gasteiger partial charge in [-0.25, -0.2) is 4.68 Å². The van der Waals surface area contributed by atoms with Gasteiger partial charge in [0.25, 0.3) is 0 Å². The van der Waals surface area contributed by atoms with Crippen molar-refractivity contribution in [3.63, 3.8) is 0 Å². The minimum atomic E-state index is -0.353. The van der Waals surface area contributed by atoms with E-state index in [2.05, 4.69) is 27.1 Å². The predicted octanol–water partition coefficient (Wildman–Crippen LogP) is 4.23. The first-order valence-electron chi connectivity index (χ1n) is 9.11. The SMILES string of the molecule is Cc1nn(-c2ccccc2)c2c1C(c1ccc(N(C)C)c(Br)c1)C(C#N)=C(N)O2. The van der Waals surface area contributed by atoms with Crippen molar-refractivity contribution in [2.24, 2.45) is 5.73 Å². The highest BCUT2D eigenvalue weighted by Gasteiger charge is 2.36. The fourth-order valence-electron chi connectivity index (χ4n) is 3.66. The number of hydrogen-bond acceptors (Lipinski definition) is 5. The Hall–Kier alpha value is -3.24. The number of allylic oxidation sites excluding steroid dienone is 1. The second kappa shape index (κ2) is 7.30. The van der Waals surface area contributed by atoms with E-state index in [0.717, 1.165) is 32.7 Å². The summed E-state index contributed by atoms with van der Waals surface area (Å²) in [5, 5.41) is 14.5. The Bertz CT molecular complexity index is 1160. The number of nitrogens with two attached hydrogens (primary N) is 1. The second-order valence-corrected chi connectivity index (χ2v) is 7.94. The van der Waals surface area contributed by atoms with E-state index in [0.29, 0.717) is 11.5 Å². The summed E-state index contributed by atoms with van der Waals surface area (Å²) < 4.78 is 8.58. The van der Waals surface area contributed by atoms with Crippen LogP contribution < -0.4 is 15.4 Å². The number of hydrogen-bond donors (Lipinski definition) is 1. The zero-order chi connectivity index (χ0) is 20.7. The summed E-state index contributed by atoms with van der Waals surface area (Å²) in [6.45, 7) is 1.92. The van der Waals surface area contributed by atoms with E-state index in [1.165, 1.54) is 0 Å². The van der Waals surface area contributed by atoms with E-state index in [1.54, 1.807) is 4.68 Å². The van der Waals surface area contributed by atoms with Gasteiger partial charge in [-0.05, 0) is 52.7 Å². The summed E-state index contributed by atoms with van der Waals surface area (Å²) in [7, 11) is 3.97. The molecule has 0 amide bonds. The highest BCUT2D eigenvalue weighted by Crippen LogP contribution is 2.45. The highest BCUT2D eigenvalue weighted by atomic mass is 79.9. The van der Waals surface area contributed by atoms with Gasteiger partial charge in [0.1, 0.15) is 11.6 Å². The summed E-state index contributed by atoms with van der Waals surface area (Å²) in [6.07, 6.45) is 0. The van der Waals surface area contributed by atoms with E-state index in [-0.39, 0.29) is 11.8 Å². The van der Waals surface area contributed by atoms with Crippen molar-refractivity contribution in [3.8, 4) is 17.6 Å². The number of fused-ring (bicyclic) bond motifs is 1. The smallest absolute Gasteiger partial charge is 0.229 e. The molecule has 1 aromatic heterocycles. The Kier molecular flexibility index (Phi) is 4.81.